The molecule has 1 N–H and O–H groups in total. The van der Waals surface area contributed by atoms with E-state index in [4.69, 9.17) is 4.74 Å². The van der Waals surface area contributed by atoms with Gasteiger partial charge in [-0.25, -0.2) is 13.8 Å². The first-order valence-electron chi connectivity index (χ1n) is 10.4. The summed E-state index contributed by atoms with van der Waals surface area (Å²) in [4.78, 5) is 12.4. The summed E-state index contributed by atoms with van der Waals surface area (Å²) in [6.07, 6.45) is 2.82. The highest BCUT2D eigenvalue weighted by atomic mass is 32.2. The molecule has 0 unspecified atom stereocenters. The topological polar surface area (TPSA) is 88.1 Å². The molecule has 1 amide bonds. The third kappa shape index (κ3) is 7.18. The van der Waals surface area contributed by atoms with Crippen LogP contribution in [0.2, 0.25) is 0 Å². The number of carbonyl (C=O) groups is 1. The van der Waals surface area contributed by atoms with Gasteiger partial charge in [-0.3, -0.25) is 9.10 Å². The fourth-order valence-corrected chi connectivity index (χ4v) is 3.94. The van der Waals surface area contributed by atoms with Crippen LogP contribution in [0.3, 0.4) is 0 Å². The highest BCUT2D eigenvalue weighted by Gasteiger charge is 2.17. The molecule has 0 atom stereocenters. The molecule has 0 bridgehead atoms. The van der Waals surface area contributed by atoms with Crippen LogP contribution < -0.4 is 14.5 Å². The van der Waals surface area contributed by atoms with Crippen LogP contribution in [0.15, 0.2) is 84.0 Å². The van der Waals surface area contributed by atoms with Gasteiger partial charge in [-0.1, -0.05) is 30.3 Å². The van der Waals surface area contributed by atoms with Gasteiger partial charge in [0.2, 0.25) is 10.0 Å². The molecule has 7 nitrogen and oxygen atoms in total. The van der Waals surface area contributed by atoms with Gasteiger partial charge in [0.05, 0.1) is 30.8 Å². The van der Waals surface area contributed by atoms with Crippen molar-refractivity contribution in [2.45, 2.75) is 26.5 Å². The summed E-state index contributed by atoms with van der Waals surface area (Å²) in [6.45, 7) is 4.09. The second-order valence-corrected chi connectivity index (χ2v) is 9.64. The van der Waals surface area contributed by atoms with Crippen molar-refractivity contribution in [2.24, 2.45) is 5.10 Å². The number of para-hydroxylation sites is 1. The zero-order chi connectivity index (χ0) is 23.8. The third-order valence-corrected chi connectivity index (χ3v) is 5.76. The van der Waals surface area contributed by atoms with Crippen molar-refractivity contribution < 1.29 is 17.9 Å². The Morgan fingerprint density at radius 3 is 2.21 bits per heavy atom. The van der Waals surface area contributed by atoms with Crippen LogP contribution in [0.5, 0.6) is 5.75 Å². The Bertz CT molecular complexity index is 1190. The molecular formula is C25H27N3O4S. The van der Waals surface area contributed by atoms with E-state index >= 15 is 0 Å². The smallest absolute Gasteiger partial charge is 0.271 e. The molecular weight excluding hydrogens is 438 g/mol. The monoisotopic (exact) mass is 465 g/mol. The second-order valence-electron chi connectivity index (χ2n) is 7.74. The molecule has 33 heavy (non-hydrogen) atoms. The van der Waals surface area contributed by atoms with E-state index < -0.39 is 10.0 Å². The number of ether oxygens (including phenoxy) is 1. The summed E-state index contributed by atoms with van der Waals surface area (Å²) in [7, 11) is -3.46. The number of nitrogens with one attached hydrogen (secondary N) is 1. The van der Waals surface area contributed by atoms with Crippen molar-refractivity contribution in [1.82, 2.24) is 5.43 Å². The number of amides is 1. The van der Waals surface area contributed by atoms with Crippen molar-refractivity contribution in [3.8, 4) is 5.75 Å². The molecule has 0 heterocycles. The zero-order valence-corrected chi connectivity index (χ0v) is 19.6. The number of anilines is 1. The van der Waals surface area contributed by atoms with Crippen molar-refractivity contribution in [3.05, 3.63) is 95.6 Å². The fourth-order valence-electron chi connectivity index (χ4n) is 3.06. The summed E-state index contributed by atoms with van der Waals surface area (Å²) in [5.74, 6) is 0.411. The van der Waals surface area contributed by atoms with E-state index in [9.17, 15) is 13.2 Å². The molecule has 0 aromatic heterocycles. The quantitative estimate of drug-likeness (QED) is 0.379. The highest BCUT2D eigenvalue weighted by Crippen LogP contribution is 2.20. The van der Waals surface area contributed by atoms with Crippen LogP contribution in [0.25, 0.3) is 0 Å². The Hall–Kier alpha value is -3.65. The summed E-state index contributed by atoms with van der Waals surface area (Å²) in [5, 5.41) is 4.00. The molecule has 172 valence electrons. The van der Waals surface area contributed by atoms with Gasteiger partial charge in [-0.15, -0.1) is 0 Å². The maximum atomic E-state index is 12.4. The standard InChI is InChI=1S/C25H27N3O4S/c1-19(2)32-24-15-11-20(12-16-24)17-26-27-25(29)22-13-9-21(10-14-22)18-28(33(3,30)31)23-7-5-4-6-8-23/h4-17,19H,18H2,1-3H3,(H,27,29). The average Bonchev–Trinajstić information content (AvgIpc) is 2.78. The first-order valence-corrected chi connectivity index (χ1v) is 12.3. The van der Waals surface area contributed by atoms with Crippen LogP contribution >= 0.6 is 0 Å². The molecule has 3 rings (SSSR count). The Morgan fingerprint density at radius 1 is 1.00 bits per heavy atom. The van der Waals surface area contributed by atoms with Crippen molar-refractivity contribution in [3.63, 3.8) is 0 Å². The van der Waals surface area contributed by atoms with E-state index in [0.717, 1.165) is 16.9 Å². The molecule has 0 aliphatic heterocycles. The van der Waals surface area contributed by atoms with Gasteiger partial charge < -0.3 is 4.74 Å². The molecule has 0 saturated heterocycles. The number of sulfonamides is 1. The molecule has 3 aromatic rings. The lowest BCUT2D eigenvalue weighted by atomic mass is 10.1. The average molecular weight is 466 g/mol. The maximum absolute atomic E-state index is 12.4. The lowest BCUT2D eigenvalue weighted by Crippen LogP contribution is -2.29. The lowest BCUT2D eigenvalue weighted by molar-refractivity contribution is 0.0955. The third-order valence-electron chi connectivity index (χ3n) is 4.62. The predicted octanol–water partition coefficient (Wildman–Crippen LogP) is 4.20. The van der Waals surface area contributed by atoms with Crippen LogP contribution in [-0.2, 0) is 16.6 Å². The summed E-state index contributed by atoms with van der Waals surface area (Å²) in [5.41, 5.74) is 5.08. The first kappa shape index (κ1) is 24.0. The van der Waals surface area contributed by atoms with Crippen LogP contribution in [-0.4, -0.2) is 32.9 Å². The van der Waals surface area contributed by atoms with Gasteiger partial charge in [0.25, 0.3) is 5.91 Å². The number of hydrogen-bond donors (Lipinski definition) is 1. The Balaban J connectivity index is 1.61. The Labute approximate surface area is 194 Å². The zero-order valence-electron chi connectivity index (χ0n) is 18.8. The van der Waals surface area contributed by atoms with Crippen molar-refractivity contribution in [2.75, 3.05) is 10.6 Å². The predicted molar refractivity (Wildman–Crippen MR) is 131 cm³/mol. The number of nitrogens with zero attached hydrogens (tertiary/aromatic N) is 2. The summed E-state index contributed by atoms with van der Waals surface area (Å²) >= 11 is 0. The van der Waals surface area contributed by atoms with Gasteiger partial charge in [0.15, 0.2) is 0 Å². The molecule has 3 aromatic carbocycles. The van der Waals surface area contributed by atoms with E-state index in [-0.39, 0.29) is 18.6 Å². The molecule has 0 radical (unpaired) electrons. The van der Waals surface area contributed by atoms with Gasteiger partial charge in [-0.2, -0.15) is 5.10 Å². The summed E-state index contributed by atoms with van der Waals surface area (Å²) in [6, 6.07) is 23.0. The number of benzene rings is 3. The highest BCUT2D eigenvalue weighted by molar-refractivity contribution is 7.92. The van der Waals surface area contributed by atoms with E-state index in [1.807, 2.05) is 44.2 Å². The normalized spacial score (nSPS) is 11.5. The second kappa shape index (κ2) is 10.8. The van der Waals surface area contributed by atoms with E-state index in [1.54, 1.807) is 54.7 Å². The van der Waals surface area contributed by atoms with Gasteiger partial charge in [-0.05, 0) is 73.5 Å². The summed E-state index contributed by atoms with van der Waals surface area (Å²) < 4.78 is 31.4. The van der Waals surface area contributed by atoms with Crippen LogP contribution in [0.1, 0.15) is 35.3 Å². The Morgan fingerprint density at radius 2 is 1.64 bits per heavy atom. The van der Waals surface area contributed by atoms with E-state index in [2.05, 4.69) is 10.5 Å². The number of rotatable bonds is 9. The van der Waals surface area contributed by atoms with Crippen molar-refractivity contribution in [1.29, 1.82) is 0 Å². The van der Waals surface area contributed by atoms with Gasteiger partial charge in [0.1, 0.15) is 5.75 Å². The first-order chi connectivity index (χ1) is 15.7. The largest absolute Gasteiger partial charge is 0.491 e. The van der Waals surface area contributed by atoms with E-state index in [1.165, 1.54) is 10.6 Å². The van der Waals surface area contributed by atoms with Gasteiger partial charge in [0, 0.05) is 5.56 Å². The number of hydrogen-bond acceptors (Lipinski definition) is 5. The maximum Gasteiger partial charge on any atom is 0.271 e. The minimum atomic E-state index is -3.46. The molecule has 0 aliphatic carbocycles. The fraction of sp³-hybridized carbons (Fsp3) is 0.200. The number of carbonyl (C=O) groups excluding carboxylic acids is 1. The molecule has 0 fully saturated rings. The lowest BCUT2D eigenvalue weighted by Gasteiger charge is -2.22. The molecule has 0 spiro atoms. The molecule has 0 saturated carbocycles. The van der Waals surface area contributed by atoms with Crippen LogP contribution in [0.4, 0.5) is 5.69 Å². The molecule has 8 heteroatoms. The Kier molecular flexibility index (Phi) is 7.84. The molecule has 0 aliphatic rings. The SMILES string of the molecule is CC(C)Oc1ccc(C=NNC(=O)c2ccc(CN(c3ccccc3)S(C)(=O)=O)cc2)cc1. The minimum Gasteiger partial charge on any atom is -0.491 e. The van der Waals surface area contributed by atoms with E-state index in [0.29, 0.717) is 11.3 Å². The van der Waals surface area contributed by atoms with Gasteiger partial charge >= 0.3 is 0 Å². The number of hydrazone groups is 1. The van der Waals surface area contributed by atoms with Crippen molar-refractivity contribution >= 4 is 27.8 Å². The van der Waals surface area contributed by atoms with Crippen LogP contribution in [0, 0.1) is 0 Å². The minimum absolute atomic E-state index is 0.1000.